The van der Waals surface area contributed by atoms with Crippen LogP contribution in [0.1, 0.15) is 51.5 Å². The van der Waals surface area contributed by atoms with Crippen molar-refractivity contribution in [2.75, 3.05) is 6.54 Å². The van der Waals surface area contributed by atoms with Gasteiger partial charge in [0.05, 0.1) is 6.54 Å². The molecule has 25 heavy (non-hydrogen) atoms. The maximum absolute atomic E-state index is 12.5. The SMILES string of the molecule is CC1=C2C[C@@H]3[C@H](C[NH2+]Cc4cccnc4)C(=O)O[C@@H]3C[C@@]2(C)CCC1. The van der Waals surface area contributed by atoms with E-state index in [0.29, 0.717) is 5.92 Å². The summed E-state index contributed by atoms with van der Waals surface area (Å²) in [6, 6.07) is 4.05. The summed E-state index contributed by atoms with van der Waals surface area (Å²) in [7, 11) is 0. The molecule has 3 aliphatic rings. The second-order valence-corrected chi connectivity index (χ2v) is 8.42. The van der Waals surface area contributed by atoms with Crippen LogP contribution in [0.3, 0.4) is 0 Å². The fraction of sp³-hybridized carbons (Fsp3) is 0.619. The minimum atomic E-state index is 0.0259. The first-order valence-electron chi connectivity index (χ1n) is 9.67. The summed E-state index contributed by atoms with van der Waals surface area (Å²) in [6.07, 6.45) is 9.66. The molecule has 2 heterocycles. The fourth-order valence-electron chi connectivity index (χ4n) is 5.33. The van der Waals surface area contributed by atoms with E-state index in [-0.39, 0.29) is 23.4 Å². The van der Waals surface area contributed by atoms with E-state index in [1.807, 2.05) is 12.3 Å². The van der Waals surface area contributed by atoms with Crippen LogP contribution in [0.4, 0.5) is 0 Å². The predicted molar refractivity (Wildman–Crippen MR) is 95.5 cm³/mol. The highest BCUT2D eigenvalue weighted by Gasteiger charge is 2.53. The molecule has 4 atom stereocenters. The third-order valence-corrected chi connectivity index (χ3v) is 6.70. The van der Waals surface area contributed by atoms with E-state index < -0.39 is 0 Å². The number of carbonyl (C=O) groups is 1. The van der Waals surface area contributed by atoms with Gasteiger partial charge in [0.25, 0.3) is 0 Å². The molecule has 1 saturated carbocycles. The highest BCUT2D eigenvalue weighted by atomic mass is 16.6. The average molecular weight is 341 g/mol. The minimum Gasteiger partial charge on any atom is -0.462 e. The van der Waals surface area contributed by atoms with Gasteiger partial charge in [-0.15, -0.1) is 0 Å². The van der Waals surface area contributed by atoms with Crippen molar-refractivity contribution in [3.63, 3.8) is 0 Å². The number of quaternary nitrogens is 1. The van der Waals surface area contributed by atoms with Gasteiger partial charge in [0.15, 0.2) is 0 Å². The molecule has 0 spiro atoms. The normalized spacial score (nSPS) is 34.5. The van der Waals surface area contributed by atoms with Crippen LogP contribution in [0, 0.1) is 17.3 Å². The van der Waals surface area contributed by atoms with Gasteiger partial charge in [-0.2, -0.15) is 0 Å². The van der Waals surface area contributed by atoms with Gasteiger partial charge in [-0.05, 0) is 50.5 Å². The number of nitrogens with two attached hydrogens (primary N) is 1. The van der Waals surface area contributed by atoms with Gasteiger partial charge < -0.3 is 10.1 Å². The largest absolute Gasteiger partial charge is 0.462 e. The van der Waals surface area contributed by atoms with Crippen molar-refractivity contribution < 1.29 is 14.8 Å². The maximum atomic E-state index is 12.5. The Hall–Kier alpha value is -1.68. The Bertz CT molecular complexity index is 684. The van der Waals surface area contributed by atoms with Crippen LogP contribution in [0.5, 0.6) is 0 Å². The second kappa shape index (κ2) is 6.56. The van der Waals surface area contributed by atoms with Gasteiger partial charge in [0.2, 0.25) is 0 Å². The number of pyridine rings is 1. The Kier molecular flexibility index (Phi) is 4.40. The molecule has 1 saturated heterocycles. The quantitative estimate of drug-likeness (QED) is 0.676. The summed E-state index contributed by atoms with van der Waals surface area (Å²) in [5, 5.41) is 2.24. The Morgan fingerprint density at radius 3 is 3.12 bits per heavy atom. The van der Waals surface area contributed by atoms with E-state index in [0.717, 1.165) is 25.9 Å². The van der Waals surface area contributed by atoms with Crippen LogP contribution in [0.15, 0.2) is 35.7 Å². The highest BCUT2D eigenvalue weighted by Crippen LogP contribution is 2.54. The lowest BCUT2D eigenvalue weighted by Gasteiger charge is -2.45. The molecule has 0 unspecified atom stereocenters. The Balaban J connectivity index is 1.45. The van der Waals surface area contributed by atoms with Crippen molar-refractivity contribution in [1.82, 2.24) is 4.98 Å². The van der Waals surface area contributed by atoms with E-state index in [1.54, 1.807) is 17.3 Å². The van der Waals surface area contributed by atoms with E-state index in [9.17, 15) is 4.79 Å². The van der Waals surface area contributed by atoms with Gasteiger partial charge in [-0.1, -0.05) is 24.1 Å². The van der Waals surface area contributed by atoms with E-state index in [2.05, 4.69) is 30.2 Å². The summed E-state index contributed by atoms with van der Waals surface area (Å²) in [4.78, 5) is 16.7. The Morgan fingerprint density at radius 2 is 2.32 bits per heavy atom. The maximum Gasteiger partial charge on any atom is 0.315 e. The summed E-state index contributed by atoms with van der Waals surface area (Å²) in [5.74, 6) is 0.431. The Labute approximate surface area is 150 Å². The van der Waals surface area contributed by atoms with Crippen LogP contribution in [0.25, 0.3) is 0 Å². The monoisotopic (exact) mass is 341 g/mol. The van der Waals surface area contributed by atoms with Gasteiger partial charge in [-0.25, -0.2) is 0 Å². The van der Waals surface area contributed by atoms with Crippen LogP contribution in [0.2, 0.25) is 0 Å². The smallest absolute Gasteiger partial charge is 0.315 e. The zero-order valence-corrected chi connectivity index (χ0v) is 15.3. The molecule has 0 radical (unpaired) electrons. The van der Waals surface area contributed by atoms with E-state index in [4.69, 9.17) is 4.74 Å². The third kappa shape index (κ3) is 3.12. The number of carbonyl (C=O) groups excluding carboxylic acids is 1. The van der Waals surface area contributed by atoms with Crippen LogP contribution in [-0.4, -0.2) is 23.6 Å². The van der Waals surface area contributed by atoms with Gasteiger partial charge >= 0.3 is 5.97 Å². The number of nitrogens with zero attached hydrogens (tertiary/aromatic N) is 1. The van der Waals surface area contributed by atoms with Gasteiger partial charge in [0, 0.05) is 23.9 Å². The zero-order chi connectivity index (χ0) is 17.4. The molecule has 134 valence electrons. The molecule has 0 aromatic carbocycles. The predicted octanol–water partition coefficient (Wildman–Crippen LogP) is 2.60. The van der Waals surface area contributed by atoms with Gasteiger partial charge in [0.1, 0.15) is 18.6 Å². The lowest BCUT2D eigenvalue weighted by atomic mass is 9.59. The minimum absolute atomic E-state index is 0.0259. The van der Waals surface area contributed by atoms with Crippen molar-refractivity contribution in [3.8, 4) is 0 Å². The standard InChI is InChI=1S/C21H28N2O2/c1-14-5-3-7-21(2)10-19-16(9-18(14)21)17(20(24)25-19)13-23-12-15-6-4-8-22-11-15/h4,6,8,11,16-17,19,23H,3,5,7,9-10,12-13H2,1-2H3/p+1/t16-,17+,19-,21-/m1/s1. The molecule has 1 aromatic heterocycles. The van der Waals surface area contributed by atoms with Crippen LogP contribution < -0.4 is 5.32 Å². The molecule has 2 aliphatic carbocycles. The number of rotatable bonds is 4. The molecule has 1 aliphatic heterocycles. The van der Waals surface area contributed by atoms with Crippen LogP contribution >= 0.6 is 0 Å². The lowest BCUT2D eigenvalue weighted by Crippen LogP contribution is -2.84. The third-order valence-electron chi connectivity index (χ3n) is 6.70. The molecule has 0 bridgehead atoms. The Morgan fingerprint density at radius 1 is 1.44 bits per heavy atom. The van der Waals surface area contributed by atoms with Crippen molar-refractivity contribution >= 4 is 5.97 Å². The number of allylic oxidation sites excluding steroid dienone is 2. The van der Waals surface area contributed by atoms with Crippen molar-refractivity contribution in [1.29, 1.82) is 0 Å². The number of hydrogen-bond acceptors (Lipinski definition) is 3. The first-order valence-corrected chi connectivity index (χ1v) is 9.67. The molecule has 1 aromatic rings. The molecule has 2 fully saturated rings. The van der Waals surface area contributed by atoms with Gasteiger partial charge in [-0.3, -0.25) is 9.78 Å². The average Bonchev–Trinajstić information content (AvgIpc) is 2.88. The summed E-state index contributed by atoms with van der Waals surface area (Å²) in [5.41, 5.74) is 4.67. The second-order valence-electron chi connectivity index (χ2n) is 8.42. The summed E-state index contributed by atoms with van der Waals surface area (Å²) >= 11 is 0. The first-order chi connectivity index (χ1) is 12.1. The number of fused-ring (bicyclic) bond motifs is 2. The lowest BCUT2D eigenvalue weighted by molar-refractivity contribution is -0.675. The number of ether oxygens (including phenoxy) is 1. The number of esters is 1. The zero-order valence-electron chi connectivity index (χ0n) is 15.3. The van der Waals surface area contributed by atoms with Crippen molar-refractivity contribution in [2.24, 2.45) is 17.3 Å². The number of hydrogen-bond donors (Lipinski definition) is 1. The molecular formula is C21H29N2O2+. The van der Waals surface area contributed by atoms with Crippen LogP contribution in [-0.2, 0) is 16.1 Å². The summed E-state index contributed by atoms with van der Waals surface area (Å²) < 4.78 is 5.84. The molecule has 0 amide bonds. The molecule has 4 nitrogen and oxygen atoms in total. The molecule has 4 rings (SSSR count). The van der Waals surface area contributed by atoms with E-state index >= 15 is 0 Å². The van der Waals surface area contributed by atoms with Crippen molar-refractivity contribution in [3.05, 3.63) is 41.2 Å². The van der Waals surface area contributed by atoms with Crippen molar-refractivity contribution in [2.45, 2.75) is 58.6 Å². The fourth-order valence-corrected chi connectivity index (χ4v) is 5.33. The summed E-state index contributed by atoms with van der Waals surface area (Å²) in [6.45, 7) is 6.37. The molecular weight excluding hydrogens is 312 g/mol. The molecule has 4 heteroatoms. The first kappa shape index (κ1) is 16.8. The van der Waals surface area contributed by atoms with E-state index in [1.165, 1.54) is 24.8 Å². The topological polar surface area (TPSA) is 55.8 Å². The molecule has 2 N–H and O–H groups in total. The number of aromatic nitrogens is 1. The highest BCUT2D eigenvalue weighted by molar-refractivity contribution is 5.75.